The molecule has 0 aliphatic carbocycles. The number of nitrogens with zero attached hydrogens (tertiary/aromatic N) is 2. The van der Waals surface area contributed by atoms with Gasteiger partial charge in [0.25, 0.3) is 0 Å². The first-order valence-corrected chi connectivity index (χ1v) is 5.40. The Morgan fingerprint density at radius 2 is 2.14 bits per heavy atom. The Balaban J connectivity index is 2.50. The monoisotopic (exact) mass is 202 g/mol. The Morgan fingerprint density at radius 3 is 3.07 bits per heavy atom. The highest BCUT2D eigenvalue weighted by Crippen LogP contribution is 2.33. The van der Waals surface area contributed by atoms with E-state index in [0.717, 1.165) is 21.5 Å². The number of rotatable bonds is 0. The van der Waals surface area contributed by atoms with Gasteiger partial charge in [-0.25, -0.2) is 9.20 Å². The first-order chi connectivity index (χ1) is 6.86. The van der Waals surface area contributed by atoms with Gasteiger partial charge >= 0.3 is 0 Å². The summed E-state index contributed by atoms with van der Waals surface area (Å²) >= 11 is 0. The number of fused-ring (bicyclic) bond motifs is 3. The minimum Gasteiger partial charge on any atom is -0.256 e. The quantitative estimate of drug-likeness (QED) is 0.655. The van der Waals surface area contributed by atoms with Crippen LogP contribution in [0.3, 0.4) is 0 Å². The van der Waals surface area contributed by atoms with Crippen LogP contribution >= 0.6 is 0 Å². The number of benzene rings is 1. The lowest BCUT2D eigenvalue weighted by atomic mass is 10.2. The molecule has 1 unspecified atom stereocenters. The third kappa shape index (κ3) is 0.943. The van der Waals surface area contributed by atoms with Crippen molar-refractivity contribution in [3.8, 4) is 0 Å². The zero-order valence-corrected chi connectivity index (χ0v) is 7.99. The standard InChI is InChI=1S/C10H6N2OS/c13-14-6-12-9-4-3-8-7(10(9)14)2-1-5-11-8/h1-6H. The molecule has 0 fully saturated rings. The van der Waals surface area contributed by atoms with Crippen molar-refractivity contribution in [1.29, 1.82) is 0 Å². The van der Waals surface area contributed by atoms with E-state index in [2.05, 4.69) is 9.98 Å². The smallest absolute Gasteiger partial charge is 0.0991 e. The van der Waals surface area contributed by atoms with Crippen LogP contribution in [-0.4, -0.2) is 14.7 Å². The summed E-state index contributed by atoms with van der Waals surface area (Å²) in [5.41, 5.74) is 3.13. The lowest BCUT2D eigenvalue weighted by Crippen LogP contribution is -1.88. The molecule has 3 rings (SSSR count). The summed E-state index contributed by atoms with van der Waals surface area (Å²) in [6.45, 7) is 0. The lowest BCUT2D eigenvalue weighted by Gasteiger charge is -2.01. The first-order valence-electron chi connectivity index (χ1n) is 4.19. The number of aromatic nitrogens is 1. The molecule has 2 aromatic rings. The number of aliphatic imine (C=N–C) groups is 1. The van der Waals surface area contributed by atoms with Gasteiger partial charge in [-0.05, 0) is 24.3 Å². The average molecular weight is 202 g/mol. The Kier molecular flexibility index (Phi) is 1.52. The normalized spacial score (nSPS) is 18.7. The van der Waals surface area contributed by atoms with Gasteiger partial charge in [0, 0.05) is 11.6 Å². The third-order valence-electron chi connectivity index (χ3n) is 2.20. The molecule has 2 heterocycles. The van der Waals surface area contributed by atoms with E-state index in [1.165, 1.54) is 5.55 Å². The van der Waals surface area contributed by atoms with Gasteiger partial charge in [-0.3, -0.25) is 4.98 Å². The molecule has 1 aliphatic rings. The second-order valence-corrected chi connectivity index (χ2v) is 4.23. The van der Waals surface area contributed by atoms with E-state index < -0.39 is 10.8 Å². The zero-order valence-electron chi connectivity index (χ0n) is 7.18. The molecule has 1 aromatic heterocycles. The number of hydrogen-bond acceptors (Lipinski definition) is 3. The number of pyridine rings is 1. The van der Waals surface area contributed by atoms with Crippen LogP contribution in [0.5, 0.6) is 0 Å². The Labute approximate surface area is 83.0 Å². The van der Waals surface area contributed by atoms with E-state index in [4.69, 9.17) is 0 Å². The summed E-state index contributed by atoms with van der Waals surface area (Å²) in [4.78, 5) is 9.07. The van der Waals surface area contributed by atoms with Gasteiger partial charge in [0.15, 0.2) is 0 Å². The van der Waals surface area contributed by atoms with Crippen molar-refractivity contribution in [2.24, 2.45) is 4.99 Å². The molecule has 0 bridgehead atoms. The molecular weight excluding hydrogens is 196 g/mol. The highest BCUT2D eigenvalue weighted by molar-refractivity contribution is 7.99. The molecule has 14 heavy (non-hydrogen) atoms. The van der Waals surface area contributed by atoms with Gasteiger partial charge in [0.05, 0.1) is 32.4 Å². The van der Waals surface area contributed by atoms with Crippen molar-refractivity contribution in [2.75, 3.05) is 0 Å². The van der Waals surface area contributed by atoms with Crippen molar-refractivity contribution in [3.63, 3.8) is 0 Å². The molecule has 0 radical (unpaired) electrons. The predicted octanol–water partition coefficient (Wildman–Crippen LogP) is 2.02. The van der Waals surface area contributed by atoms with Crippen LogP contribution in [0.25, 0.3) is 10.9 Å². The van der Waals surface area contributed by atoms with Crippen molar-refractivity contribution in [3.05, 3.63) is 30.5 Å². The second-order valence-electron chi connectivity index (χ2n) is 3.02. The van der Waals surface area contributed by atoms with Crippen molar-refractivity contribution in [2.45, 2.75) is 4.90 Å². The third-order valence-corrected chi connectivity index (χ3v) is 3.33. The molecule has 0 amide bonds. The first kappa shape index (κ1) is 7.82. The average Bonchev–Trinajstić information content (AvgIpc) is 2.61. The van der Waals surface area contributed by atoms with Crippen LogP contribution in [0, 0.1) is 0 Å². The van der Waals surface area contributed by atoms with Gasteiger partial charge in [-0.15, -0.1) is 0 Å². The largest absolute Gasteiger partial charge is 0.256 e. The molecule has 3 nitrogen and oxygen atoms in total. The molecule has 0 N–H and O–H groups in total. The lowest BCUT2D eigenvalue weighted by molar-refractivity contribution is 0.691. The molecule has 1 aliphatic heterocycles. The Morgan fingerprint density at radius 1 is 1.21 bits per heavy atom. The van der Waals surface area contributed by atoms with Gasteiger partial charge < -0.3 is 0 Å². The number of hydrogen-bond donors (Lipinski definition) is 0. The molecule has 68 valence electrons. The maximum atomic E-state index is 11.6. The van der Waals surface area contributed by atoms with Gasteiger partial charge in [-0.1, -0.05) is 0 Å². The van der Waals surface area contributed by atoms with Crippen LogP contribution < -0.4 is 0 Å². The van der Waals surface area contributed by atoms with Crippen molar-refractivity contribution in [1.82, 2.24) is 4.98 Å². The molecule has 1 aromatic carbocycles. The zero-order chi connectivity index (χ0) is 9.54. The highest BCUT2D eigenvalue weighted by Gasteiger charge is 2.17. The second kappa shape index (κ2) is 2.72. The predicted molar refractivity (Wildman–Crippen MR) is 56.3 cm³/mol. The van der Waals surface area contributed by atoms with E-state index in [0.29, 0.717) is 0 Å². The maximum absolute atomic E-state index is 11.6. The Hall–Kier alpha value is -1.55. The van der Waals surface area contributed by atoms with Crippen LogP contribution in [-0.2, 0) is 10.8 Å². The van der Waals surface area contributed by atoms with Crippen LogP contribution in [0.2, 0.25) is 0 Å². The maximum Gasteiger partial charge on any atom is 0.0991 e. The molecule has 0 spiro atoms. The summed E-state index contributed by atoms with van der Waals surface area (Å²) < 4.78 is 11.6. The van der Waals surface area contributed by atoms with Gasteiger partial charge in [0.2, 0.25) is 0 Å². The van der Waals surface area contributed by atoms with E-state index in [9.17, 15) is 4.21 Å². The molecule has 1 atom stereocenters. The van der Waals surface area contributed by atoms with Crippen molar-refractivity contribution >= 4 is 32.9 Å². The van der Waals surface area contributed by atoms with Crippen LogP contribution in [0.1, 0.15) is 0 Å². The molecule has 0 saturated heterocycles. The summed E-state index contributed by atoms with van der Waals surface area (Å²) in [7, 11) is -1.10. The van der Waals surface area contributed by atoms with Crippen LogP contribution in [0.15, 0.2) is 40.4 Å². The van der Waals surface area contributed by atoms with E-state index >= 15 is 0 Å². The fourth-order valence-corrected chi connectivity index (χ4v) is 2.62. The fourth-order valence-electron chi connectivity index (χ4n) is 1.58. The fraction of sp³-hybridized carbons (Fsp3) is 0. The van der Waals surface area contributed by atoms with Crippen molar-refractivity contribution < 1.29 is 4.21 Å². The van der Waals surface area contributed by atoms with Gasteiger partial charge in [-0.2, -0.15) is 0 Å². The van der Waals surface area contributed by atoms with E-state index in [1.807, 2.05) is 24.3 Å². The summed E-state index contributed by atoms with van der Waals surface area (Å²) in [5, 5.41) is 0.931. The van der Waals surface area contributed by atoms with Gasteiger partial charge in [0.1, 0.15) is 0 Å². The summed E-state index contributed by atoms with van der Waals surface area (Å²) in [5.74, 6) is 0. The highest BCUT2D eigenvalue weighted by atomic mass is 32.2. The minimum absolute atomic E-state index is 0.788. The topological polar surface area (TPSA) is 42.3 Å². The SMILES string of the molecule is O=S1C=Nc2ccc3ncccc3c21. The van der Waals surface area contributed by atoms with Crippen LogP contribution in [0.4, 0.5) is 5.69 Å². The summed E-state index contributed by atoms with van der Waals surface area (Å²) in [6, 6.07) is 7.52. The molecule has 4 heteroatoms. The van der Waals surface area contributed by atoms with E-state index in [-0.39, 0.29) is 0 Å². The molecule has 0 saturated carbocycles. The van der Waals surface area contributed by atoms with E-state index in [1.54, 1.807) is 6.20 Å². The minimum atomic E-state index is -1.10. The molecular formula is C10H6N2OS. The summed E-state index contributed by atoms with van der Waals surface area (Å²) in [6.07, 6.45) is 1.73. The Bertz CT molecular complexity index is 577.